The van der Waals surface area contributed by atoms with Crippen LogP contribution in [0.2, 0.25) is 0 Å². The fourth-order valence-corrected chi connectivity index (χ4v) is 2.12. The Morgan fingerprint density at radius 2 is 1.61 bits per heavy atom. The summed E-state index contributed by atoms with van der Waals surface area (Å²) < 4.78 is 5.95. The van der Waals surface area contributed by atoms with Gasteiger partial charge in [-0.05, 0) is 39.8 Å². The molecule has 120 valence electrons. The molecule has 0 spiro atoms. The van der Waals surface area contributed by atoms with E-state index in [0.29, 0.717) is 5.56 Å². The van der Waals surface area contributed by atoms with Crippen LogP contribution < -0.4 is 10.1 Å². The minimum atomic E-state index is -0.282. The maximum absolute atomic E-state index is 12.2. The quantitative estimate of drug-likeness (QED) is 0.619. The molecular formula is C20H23NO2. The summed E-state index contributed by atoms with van der Waals surface area (Å²) in [5.41, 5.74) is 2.00. The van der Waals surface area contributed by atoms with Crippen LogP contribution in [-0.2, 0) is 0 Å². The number of rotatable bonds is 5. The van der Waals surface area contributed by atoms with Crippen molar-refractivity contribution in [2.45, 2.75) is 33.3 Å². The highest BCUT2D eigenvalue weighted by Crippen LogP contribution is 2.28. The first-order chi connectivity index (χ1) is 10.8. The standard InChI is InChI=1S/C20H23NO2/c1-15(14-18(22)16-10-6-5-7-11-16)21-17-12-8-9-13-19(17)23-20(2,3)4/h5-14,21H,1-4H3. The fraction of sp³-hybridized carbons (Fsp3) is 0.250. The second-order valence-electron chi connectivity index (χ2n) is 6.39. The van der Waals surface area contributed by atoms with E-state index in [4.69, 9.17) is 4.74 Å². The van der Waals surface area contributed by atoms with Crippen molar-refractivity contribution in [3.8, 4) is 5.75 Å². The van der Waals surface area contributed by atoms with Gasteiger partial charge >= 0.3 is 0 Å². The number of anilines is 1. The Balaban J connectivity index is 2.16. The highest BCUT2D eigenvalue weighted by molar-refractivity contribution is 6.05. The minimum absolute atomic E-state index is 0.0233. The predicted octanol–water partition coefficient (Wildman–Crippen LogP) is 5.06. The summed E-state index contributed by atoms with van der Waals surface area (Å²) in [6.07, 6.45) is 1.60. The van der Waals surface area contributed by atoms with Gasteiger partial charge in [0.2, 0.25) is 0 Å². The molecule has 0 unspecified atom stereocenters. The van der Waals surface area contributed by atoms with Crippen molar-refractivity contribution in [2.24, 2.45) is 0 Å². The maximum atomic E-state index is 12.2. The zero-order chi connectivity index (χ0) is 16.9. The number of nitrogens with one attached hydrogen (secondary N) is 1. The highest BCUT2D eigenvalue weighted by Gasteiger charge is 2.14. The molecule has 0 aromatic heterocycles. The monoisotopic (exact) mass is 309 g/mol. The number of hydrogen-bond donors (Lipinski definition) is 1. The van der Waals surface area contributed by atoms with Gasteiger partial charge in [0, 0.05) is 17.3 Å². The lowest BCUT2D eigenvalue weighted by molar-refractivity contribution is 0.104. The molecule has 1 N–H and O–H groups in total. The van der Waals surface area contributed by atoms with Gasteiger partial charge in [-0.2, -0.15) is 0 Å². The number of ether oxygens (including phenoxy) is 1. The first kappa shape index (κ1) is 16.8. The molecule has 2 rings (SSSR count). The Kier molecular flexibility index (Phi) is 5.22. The second-order valence-corrected chi connectivity index (χ2v) is 6.39. The van der Waals surface area contributed by atoms with Gasteiger partial charge in [0.05, 0.1) is 5.69 Å². The fourth-order valence-electron chi connectivity index (χ4n) is 2.12. The maximum Gasteiger partial charge on any atom is 0.187 e. The van der Waals surface area contributed by atoms with Crippen LogP contribution in [0, 0.1) is 0 Å². The molecule has 0 fully saturated rings. The van der Waals surface area contributed by atoms with Crippen molar-refractivity contribution >= 4 is 11.5 Å². The Hall–Kier alpha value is -2.55. The number of para-hydroxylation sites is 2. The summed E-state index contributed by atoms with van der Waals surface area (Å²) in [5, 5.41) is 3.25. The van der Waals surface area contributed by atoms with Crippen molar-refractivity contribution in [1.82, 2.24) is 0 Å². The van der Waals surface area contributed by atoms with Crippen molar-refractivity contribution in [3.05, 3.63) is 71.9 Å². The summed E-state index contributed by atoms with van der Waals surface area (Å²) >= 11 is 0. The molecule has 0 heterocycles. The molecule has 23 heavy (non-hydrogen) atoms. The van der Waals surface area contributed by atoms with Gasteiger partial charge in [0.25, 0.3) is 0 Å². The lowest BCUT2D eigenvalue weighted by Crippen LogP contribution is -2.23. The molecule has 2 aromatic carbocycles. The number of carbonyl (C=O) groups excluding carboxylic acids is 1. The van der Waals surface area contributed by atoms with E-state index in [1.165, 1.54) is 0 Å². The van der Waals surface area contributed by atoms with Gasteiger partial charge in [-0.25, -0.2) is 0 Å². The van der Waals surface area contributed by atoms with Crippen LogP contribution >= 0.6 is 0 Å². The van der Waals surface area contributed by atoms with Gasteiger partial charge < -0.3 is 10.1 Å². The number of allylic oxidation sites excluding steroid dienone is 2. The normalized spacial score (nSPS) is 11.9. The lowest BCUT2D eigenvalue weighted by Gasteiger charge is -2.23. The largest absolute Gasteiger partial charge is 0.486 e. The Morgan fingerprint density at radius 3 is 2.26 bits per heavy atom. The van der Waals surface area contributed by atoms with E-state index in [0.717, 1.165) is 17.1 Å². The number of benzene rings is 2. The number of carbonyl (C=O) groups is 1. The Labute approximate surface area is 138 Å². The molecule has 3 nitrogen and oxygen atoms in total. The topological polar surface area (TPSA) is 38.3 Å². The van der Waals surface area contributed by atoms with Crippen LogP contribution in [0.25, 0.3) is 0 Å². The van der Waals surface area contributed by atoms with E-state index < -0.39 is 0 Å². The van der Waals surface area contributed by atoms with Crippen LogP contribution in [0.4, 0.5) is 5.69 Å². The van der Waals surface area contributed by atoms with Crippen LogP contribution in [0.5, 0.6) is 5.75 Å². The average molecular weight is 309 g/mol. The summed E-state index contributed by atoms with van der Waals surface area (Å²) in [6.45, 7) is 7.89. The summed E-state index contributed by atoms with van der Waals surface area (Å²) in [6, 6.07) is 16.9. The molecular weight excluding hydrogens is 286 g/mol. The SMILES string of the molecule is CC(=CC(=O)c1ccccc1)Nc1ccccc1OC(C)(C)C. The van der Waals surface area contributed by atoms with Gasteiger partial charge in [-0.1, -0.05) is 42.5 Å². The first-order valence-electron chi connectivity index (χ1n) is 7.68. The smallest absolute Gasteiger partial charge is 0.187 e. The summed E-state index contributed by atoms with van der Waals surface area (Å²) in [5.74, 6) is 0.740. The third-order valence-electron chi connectivity index (χ3n) is 3.04. The molecule has 0 atom stereocenters. The van der Waals surface area contributed by atoms with E-state index >= 15 is 0 Å². The van der Waals surface area contributed by atoms with Crippen LogP contribution in [0.3, 0.4) is 0 Å². The molecule has 0 aliphatic rings. The van der Waals surface area contributed by atoms with Crippen LogP contribution in [0.15, 0.2) is 66.4 Å². The molecule has 0 amide bonds. The molecule has 0 aliphatic heterocycles. The van der Waals surface area contributed by atoms with Crippen molar-refractivity contribution in [1.29, 1.82) is 0 Å². The molecule has 0 saturated heterocycles. The van der Waals surface area contributed by atoms with Gasteiger partial charge in [-0.3, -0.25) is 4.79 Å². The molecule has 0 saturated carbocycles. The molecule has 3 heteroatoms. The van der Waals surface area contributed by atoms with E-state index in [-0.39, 0.29) is 11.4 Å². The lowest BCUT2D eigenvalue weighted by atomic mass is 10.1. The minimum Gasteiger partial charge on any atom is -0.486 e. The number of hydrogen-bond acceptors (Lipinski definition) is 3. The molecule has 2 aromatic rings. The predicted molar refractivity (Wildman–Crippen MR) is 95.0 cm³/mol. The average Bonchev–Trinajstić information content (AvgIpc) is 2.48. The first-order valence-corrected chi connectivity index (χ1v) is 7.68. The molecule has 0 bridgehead atoms. The van der Waals surface area contributed by atoms with Gasteiger partial charge in [0.15, 0.2) is 5.78 Å². The van der Waals surface area contributed by atoms with Crippen LogP contribution in [-0.4, -0.2) is 11.4 Å². The van der Waals surface area contributed by atoms with E-state index in [9.17, 15) is 4.79 Å². The van der Waals surface area contributed by atoms with Gasteiger partial charge in [-0.15, -0.1) is 0 Å². The van der Waals surface area contributed by atoms with E-state index in [1.54, 1.807) is 6.08 Å². The van der Waals surface area contributed by atoms with Crippen LogP contribution in [0.1, 0.15) is 38.1 Å². The highest BCUT2D eigenvalue weighted by atomic mass is 16.5. The number of ketones is 1. The van der Waals surface area contributed by atoms with E-state index in [2.05, 4.69) is 5.32 Å². The van der Waals surface area contributed by atoms with Gasteiger partial charge in [0.1, 0.15) is 11.4 Å². The van der Waals surface area contributed by atoms with Crippen molar-refractivity contribution in [2.75, 3.05) is 5.32 Å². The zero-order valence-electron chi connectivity index (χ0n) is 14.1. The molecule has 0 radical (unpaired) electrons. The summed E-state index contributed by atoms with van der Waals surface area (Å²) in [4.78, 5) is 12.2. The third kappa shape index (κ3) is 5.29. The zero-order valence-corrected chi connectivity index (χ0v) is 14.1. The third-order valence-corrected chi connectivity index (χ3v) is 3.04. The Morgan fingerprint density at radius 1 is 1.00 bits per heavy atom. The molecule has 0 aliphatic carbocycles. The second kappa shape index (κ2) is 7.14. The summed E-state index contributed by atoms with van der Waals surface area (Å²) in [7, 11) is 0. The van der Waals surface area contributed by atoms with Crippen molar-refractivity contribution in [3.63, 3.8) is 0 Å². The van der Waals surface area contributed by atoms with Crippen molar-refractivity contribution < 1.29 is 9.53 Å². The van der Waals surface area contributed by atoms with E-state index in [1.807, 2.05) is 82.3 Å². The Bertz CT molecular complexity index is 697.